The van der Waals surface area contributed by atoms with Crippen LogP contribution >= 0.6 is 0 Å². The predicted molar refractivity (Wildman–Crippen MR) is 72.1 cm³/mol. The minimum absolute atomic E-state index is 0.0253. The molecule has 1 rings (SSSR count). The van der Waals surface area contributed by atoms with Crippen molar-refractivity contribution in [3.8, 4) is 0 Å². The van der Waals surface area contributed by atoms with Gasteiger partial charge in [-0.25, -0.2) is 14.5 Å². The van der Waals surface area contributed by atoms with E-state index < -0.39 is 29.4 Å². The Morgan fingerprint density at radius 3 is 2.40 bits per heavy atom. The molecule has 1 N–H and O–H groups in total. The maximum atomic E-state index is 12.0. The van der Waals surface area contributed by atoms with E-state index in [9.17, 15) is 14.4 Å². The number of carbonyl (C=O) groups is 3. The molecule has 1 atom stereocenters. The quantitative estimate of drug-likeness (QED) is 0.804. The molecule has 0 spiro atoms. The van der Waals surface area contributed by atoms with E-state index in [4.69, 9.17) is 9.84 Å². The van der Waals surface area contributed by atoms with Gasteiger partial charge in [0.25, 0.3) is 0 Å². The van der Waals surface area contributed by atoms with Gasteiger partial charge in [0, 0.05) is 5.41 Å². The second-order valence-corrected chi connectivity index (χ2v) is 7.04. The van der Waals surface area contributed by atoms with Gasteiger partial charge in [-0.15, -0.1) is 0 Å². The number of ether oxygens (including phenoxy) is 1. The largest absolute Gasteiger partial charge is 0.465 e. The van der Waals surface area contributed by atoms with Crippen LogP contribution in [0.4, 0.5) is 4.79 Å². The molecular weight excluding hydrogens is 262 g/mol. The van der Waals surface area contributed by atoms with E-state index in [1.165, 1.54) is 0 Å². The van der Waals surface area contributed by atoms with Gasteiger partial charge in [-0.1, -0.05) is 34.6 Å². The van der Waals surface area contributed by atoms with E-state index in [0.29, 0.717) is 11.3 Å². The summed E-state index contributed by atoms with van der Waals surface area (Å²) in [6, 6.07) is -1.03. The number of hydrogen-bond acceptors (Lipinski definition) is 4. The van der Waals surface area contributed by atoms with Gasteiger partial charge in [0.2, 0.25) is 5.91 Å². The zero-order valence-corrected chi connectivity index (χ0v) is 12.7. The van der Waals surface area contributed by atoms with Crippen LogP contribution in [0, 0.1) is 10.8 Å². The summed E-state index contributed by atoms with van der Waals surface area (Å²) >= 11 is 0. The summed E-state index contributed by atoms with van der Waals surface area (Å²) in [5, 5.41) is 9.09. The normalized spacial score (nSPS) is 21.9. The Morgan fingerprint density at radius 2 is 1.95 bits per heavy atom. The first-order chi connectivity index (χ1) is 8.96. The van der Waals surface area contributed by atoms with Gasteiger partial charge >= 0.3 is 12.1 Å². The minimum Gasteiger partial charge on any atom is -0.465 e. The molecule has 1 heterocycles. The molecule has 1 fully saturated rings. The fourth-order valence-corrected chi connectivity index (χ4v) is 2.09. The zero-order chi connectivity index (χ0) is 15.7. The molecule has 0 saturated carbocycles. The lowest BCUT2D eigenvalue weighted by Crippen LogP contribution is -2.43. The van der Waals surface area contributed by atoms with Crippen molar-refractivity contribution in [3.05, 3.63) is 0 Å². The van der Waals surface area contributed by atoms with E-state index in [-0.39, 0.29) is 18.4 Å². The molecule has 0 aliphatic carbocycles. The first-order valence-corrected chi connectivity index (χ1v) is 6.69. The SMILES string of the molecule is CC(C)(C)CCOC(=O)[C@@H]1CC(C)(C)C(=O)N1C(=O)O. The summed E-state index contributed by atoms with van der Waals surface area (Å²) in [5.41, 5.74) is -0.830. The standard InChI is InChI=1S/C14H23NO5/c1-13(2,3)6-7-20-10(16)9-8-14(4,5)11(17)15(9)12(18)19/h9H,6-8H2,1-5H3,(H,18,19)/t9-/m0/s1. The number of esters is 1. The number of likely N-dealkylation sites (tertiary alicyclic amines) is 1. The number of nitrogens with zero attached hydrogens (tertiary/aromatic N) is 1. The van der Waals surface area contributed by atoms with Crippen molar-refractivity contribution in [2.45, 2.75) is 53.5 Å². The van der Waals surface area contributed by atoms with Crippen LogP contribution in [0.3, 0.4) is 0 Å². The molecule has 0 aromatic carbocycles. The highest BCUT2D eigenvalue weighted by molar-refractivity contribution is 6.01. The fourth-order valence-electron chi connectivity index (χ4n) is 2.09. The van der Waals surface area contributed by atoms with E-state index in [1.54, 1.807) is 13.8 Å². The minimum atomic E-state index is -1.40. The molecule has 1 aliphatic rings. The molecule has 20 heavy (non-hydrogen) atoms. The van der Waals surface area contributed by atoms with Crippen molar-refractivity contribution < 1.29 is 24.2 Å². The molecule has 0 bridgehead atoms. The van der Waals surface area contributed by atoms with Crippen LogP contribution in [0.1, 0.15) is 47.5 Å². The van der Waals surface area contributed by atoms with Crippen molar-refractivity contribution >= 4 is 18.0 Å². The summed E-state index contributed by atoms with van der Waals surface area (Å²) in [4.78, 5) is 35.7. The Morgan fingerprint density at radius 1 is 1.40 bits per heavy atom. The summed E-state index contributed by atoms with van der Waals surface area (Å²) in [7, 11) is 0. The lowest BCUT2D eigenvalue weighted by atomic mass is 9.90. The average Bonchev–Trinajstić information content (AvgIpc) is 2.48. The number of rotatable bonds is 3. The summed E-state index contributed by atoms with van der Waals surface area (Å²) in [6.45, 7) is 9.55. The van der Waals surface area contributed by atoms with Gasteiger partial charge in [-0.05, 0) is 18.3 Å². The van der Waals surface area contributed by atoms with E-state index in [1.807, 2.05) is 20.8 Å². The second kappa shape index (κ2) is 5.42. The highest BCUT2D eigenvalue weighted by Gasteiger charge is 2.52. The van der Waals surface area contributed by atoms with Gasteiger partial charge in [-0.2, -0.15) is 0 Å². The Kier molecular flexibility index (Phi) is 4.46. The first kappa shape index (κ1) is 16.5. The molecule has 6 nitrogen and oxygen atoms in total. The zero-order valence-electron chi connectivity index (χ0n) is 12.7. The van der Waals surface area contributed by atoms with Crippen LogP contribution in [0.5, 0.6) is 0 Å². The molecule has 114 valence electrons. The maximum absolute atomic E-state index is 12.0. The summed E-state index contributed by atoms with van der Waals surface area (Å²) in [6.07, 6.45) is -0.569. The van der Waals surface area contributed by atoms with Crippen LogP contribution in [0.2, 0.25) is 0 Å². The Balaban J connectivity index is 2.72. The highest BCUT2D eigenvalue weighted by atomic mass is 16.5. The van der Waals surface area contributed by atoms with Crippen LogP contribution in [-0.2, 0) is 14.3 Å². The number of carbonyl (C=O) groups excluding carboxylic acids is 2. The number of carboxylic acid groups (broad SMARTS) is 1. The molecule has 0 aromatic rings. The van der Waals surface area contributed by atoms with Crippen LogP contribution in [-0.4, -0.2) is 40.6 Å². The molecule has 0 unspecified atom stereocenters. The monoisotopic (exact) mass is 285 g/mol. The third-order valence-electron chi connectivity index (χ3n) is 3.39. The van der Waals surface area contributed by atoms with Crippen molar-refractivity contribution in [1.82, 2.24) is 4.90 Å². The van der Waals surface area contributed by atoms with E-state index >= 15 is 0 Å². The lowest BCUT2D eigenvalue weighted by molar-refractivity contribution is -0.151. The van der Waals surface area contributed by atoms with Crippen molar-refractivity contribution in [3.63, 3.8) is 0 Å². The topological polar surface area (TPSA) is 83.9 Å². The summed E-state index contributed by atoms with van der Waals surface area (Å²) < 4.78 is 5.13. The maximum Gasteiger partial charge on any atom is 0.414 e. The van der Waals surface area contributed by atoms with Crippen molar-refractivity contribution in [1.29, 1.82) is 0 Å². The third kappa shape index (κ3) is 3.71. The van der Waals surface area contributed by atoms with Crippen LogP contribution in [0.15, 0.2) is 0 Å². The average molecular weight is 285 g/mol. The van der Waals surface area contributed by atoms with Crippen molar-refractivity contribution in [2.75, 3.05) is 6.61 Å². The Hall–Kier alpha value is -1.59. The van der Waals surface area contributed by atoms with E-state index in [2.05, 4.69) is 0 Å². The Labute approximate surface area is 119 Å². The lowest BCUT2D eigenvalue weighted by Gasteiger charge is -2.21. The molecule has 2 amide bonds. The van der Waals surface area contributed by atoms with Gasteiger partial charge < -0.3 is 9.84 Å². The molecule has 0 radical (unpaired) electrons. The number of imide groups is 1. The second-order valence-electron chi connectivity index (χ2n) is 7.04. The number of hydrogen-bond donors (Lipinski definition) is 1. The smallest absolute Gasteiger partial charge is 0.414 e. The molecule has 1 saturated heterocycles. The molecule has 0 aromatic heterocycles. The van der Waals surface area contributed by atoms with Gasteiger partial charge in [0.05, 0.1) is 6.61 Å². The Bertz CT molecular complexity index is 422. The first-order valence-electron chi connectivity index (χ1n) is 6.69. The molecule has 1 aliphatic heterocycles. The van der Waals surface area contributed by atoms with Crippen molar-refractivity contribution in [2.24, 2.45) is 10.8 Å². The molecular formula is C14H23NO5. The van der Waals surface area contributed by atoms with Crippen LogP contribution in [0.25, 0.3) is 0 Å². The highest BCUT2D eigenvalue weighted by Crippen LogP contribution is 2.36. The van der Waals surface area contributed by atoms with Gasteiger partial charge in [-0.3, -0.25) is 4.79 Å². The fraction of sp³-hybridized carbons (Fsp3) is 0.786. The predicted octanol–water partition coefficient (Wildman–Crippen LogP) is 2.27. The van der Waals surface area contributed by atoms with Crippen LogP contribution < -0.4 is 0 Å². The van der Waals surface area contributed by atoms with Gasteiger partial charge in [0.1, 0.15) is 6.04 Å². The third-order valence-corrected chi connectivity index (χ3v) is 3.39. The van der Waals surface area contributed by atoms with E-state index in [0.717, 1.165) is 0 Å². The number of amides is 2. The summed E-state index contributed by atoms with van der Waals surface area (Å²) in [5.74, 6) is -1.20. The van der Waals surface area contributed by atoms with Gasteiger partial charge in [0.15, 0.2) is 0 Å². The molecule has 6 heteroatoms.